The van der Waals surface area contributed by atoms with Crippen molar-refractivity contribution in [2.45, 2.75) is 6.92 Å². The van der Waals surface area contributed by atoms with Gasteiger partial charge in [0.05, 0.1) is 5.52 Å². The first-order valence-electron chi connectivity index (χ1n) is 4.94. The molecule has 0 bridgehead atoms. The monoisotopic (exact) mass is 208 g/mol. The Morgan fingerprint density at radius 2 is 2.13 bits per heavy atom. The molecule has 0 aliphatic rings. The molecular formula is C10H16N4O. The minimum Gasteiger partial charge on any atom is -0.415 e. The fourth-order valence-electron chi connectivity index (χ4n) is 1.83. The lowest BCUT2D eigenvalue weighted by atomic mass is 10.5. The van der Waals surface area contributed by atoms with Gasteiger partial charge in [-0.05, 0) is 6.92 Å². The number of fused-ring (bicyclic) bond motifs is 1. The van der Waals surface area contributed by atoms with Crippen LogP contribution in [0.3, 0.4) is 0 Å². The highest BCUT2D eigenvalue weighted by Gasteiger charge is 2.12. The third-order valence-corrected chi connectivity index (χ3v) is 2.54. The van der Waals surface area contributed by atoms with E-state index in [9.17, 15) is 0 Å². The number of rotatable bonds is 3. The number of hydrogen-bond acceptors (Lipinski definition) is 3. The number of hydrogen-bond donors (Lipinski definition) is 2. The Morgan fingerprint density at radius 3 is 2.73 bits per heavy atom. The third-order valence-electron chi connectivity index (χ3n) is 2.54. The van der Waals surface area contributed by atoms with Crippen LogP contribution in [0.2, 0.25) is 0 Å². The van der Waals surface area contributed by atoms with Crippen LogP contribution in [0.4, 0.5) is 11.6 Å². The van der Waals surface area contributed by atoms with Gasteiger partial charge in [-0.2, -0.15) is 4.73 Å². The van der Waals surface area contributed by atoms with Crippen LogP contribution in [0.1, 0.15) is 6.92 Å². The fourth-order valence-corrected chi connectivity index (χ4v) is 1.83. The largest absolute Gasteiger partial charge is 0.415 e. The van der Waals surface area contributed by atoms with Crippen molar-refractivity contribution in [3.05, 3.63) is 12.1 Å². The molecule has 2 aromatic rings. The van der Waals surface area contributed by atoms with E-state index >= 15 is 0 Å². The van der Waals surface area contributed by atoms with E-state index in [0.29, 0.717) is 5.82 Å². The molecule has 0 aromatic carbocycles. The zero-order chi connectivity index (χ0) is 11.0. The minimum atomic E-state index is 0.612. The number of nitrogens with two attached hydrogens (primary N) is 1. The van der Waals surface area contributed by atoms with Gasteiger partial charge in [-0.15, -0.1) is 0 Å². The van der Waals surface area contributed by atoms with E-state index in [4.69, 9.17) is 10.6 Å². The van der Waals surface area contributed by atoms with E-state index in [1.54, 1.807) is 11.8 Å². The first-order chi connectivity index (χ1) is 7.19. The molecule has 82 valence electrons. The van der Waals surface area contributed by atoms with Gasteiger partial charge < -0.3 is 20.5 Å². The normalized spacial score (nSPS) is 10.9. The summed E-state index contributed by atoms with van der Waals surface area (Å²) in [6.07, 6.45) is 0. The Labute approximate surface area is 88.4 Å². The Bertz CT molecular complexity index is 483. The summed E-state index contributed by atoms with van der Waals surface area (Å²) in [6.45, 7) is 2.96. The van der Waals surface area contributed by atoms with Crippen molar-refractivity contribution in [1.29, 1.82) is 0 Å². The molecule has 5 nitrogen and oxygen atoms in total. The summed E-state index contributed by atoms with van der Waals surface area (Å²) >= 11 is 0. The maximum absolute atomic E-state index is 5.81. The van der Waals surface area contributed by atoms with E-state index in [1.807, 2.05) is 19.2 Å². The zero-order valence-corrected chi connectivity index (χ0v) is 9.24. The predicted molar refractivity (Wildman–Crippen MR) is 62.0 cm³/mol. The molecule has 2 heterocycles. The molecule has 0 saturated heterocycles. The van der Waals surface area contributed by atoms with Crippen molar-refractivity contribution in [3.8, 4) is 0 Å². The SMILES string of the molecule is CCNc1cc2c(cc(N)n2OC)n1C. The Hall–Kier alpha value is -1.78. The van der Waals surface area contributed by atoms with E-state index < -0.39 is 0 Å². The van der Waals surface area contributed by atoms with Crippen molar-refractivity contribution in [1.82, 2.24) is 9.30 Å². The predicted octanol–water partition coefficient (Wildman–Crippen LogP) is 1.05. The van der Waals surface area contributed by atoms with Crippen LogP contribution in [-0.2, 0) is 7.05 Å². The Balaban J connectivity index is 2.62. The highest BCUT2D eigenvalue weighted by Crippen LogP contribution is 2.26. The summed E-state index contributed by atoms with van der Waals surface area (Å²) in [5.74, 6) is 1.68. The van der Waals surface area contributed by atoms with Crippen molar-refractivity contribution in [2.75, 3.05) is 24.7 Å². The first kappa shape index (κ1) is 9.76. The standard InChI is InChI=1S/C10H16N4O/c1-4-12-10-6-8-7(13(10)2)5-9(11)14(8)15-3/h5-6,12H,4,11H2,1-3H3. The summed E-state index contributed by atoms with van der Waals surface area (Å²) in [6, 6.07) is 3.93. The van der Waals surface area contributed by atoms with E-state index in [2.05, 4.69) is 16.8 Å². The first-order valence-corrected chi connectivity index (χ1v) is 4.94. The third kappa shape index (κ3) is 1.31. The number of nitrogen functional groups attached to an aromatic ring is 1. The molecule has 0 aliphatic heterocycles. The lowest BCUT2D eigenvalue weighted by molar-refractivity contribution is 0.184. The fraction of sp³-hybridized carbons (Fsp3) is 0.400. The van der Waals surface area contributed by atoms with E-state index in [-0.39, 0.29) is 0 Å². The van der Waals surface area contributed by atoms with E-state index in [0.717, 1.165) is 23.4 Å². The van der Waals surface area contributed by atoms with Gasteiger partial charge in [-0.1, -0.05) is 0 Å². The average molecular weight is 208 g/mol. The zero-order valence-electron chi connectivity index (χ0n) is 9.24. The minimum absolute atomic E-state index is 0.612. The van der Waals surface area contributed by atoms with Gasteiger partial charge in [0, 0.05) is 25.7 Å². The molecule has 0 radical (unpaired) electrons. The molecule has 2 rings (SSSR count). The lowest BCUT2D eigenvalue weighted by Gasteiger charge is -2.04. The number of nitrogens with zero attached hydrogens (tertiary/aromatic N) is 2. The average Bonchev–Trinajstić information content (AvgIpc) is 2.66. The van der Waals surface area contributed by atoms with Crippen molar-refractivity contribution in [3.63, 3.8) is 0 Å². The molecule has 3 N–H and O–H groups in total. The maximum atomic E-state index is 5.81. The molecular weight excluding hydrogens is 192 g/mol. The van der Waals surface area contributed by atoms with Crippen LogP contribution in [0.5, 0.6) is 0 Å². The summed E-state index contributed by atoms with van der Waals surface area (Å²) in [7, 11) is 3.61. The van der Waals surface area contributed by atoms with Crippen LogP contribution in [0.15, 0.2) is 12.1 Å². The summed E-state index contributed by atoms with van der Waals surface area (Å²) in [5.41, 5.74) is 7.85. The Morgan fingerprint density at radius 1 is 1.40 bits per heavy atom. The van der Waals surface area contributed by atoms with Gasteiger partial charge in [-0.25, -0.2) is 0 Å². The maximum Gasteiger partial charge on any atom is 0.142 e. The van der Waals surface area contributed by atoms with Crippen molar-refractivity contribution < 1.29 is 4.84 Å². The second-order valence-corrected chi connectivity index (χ2v) is 3.44. The van der Waals surface area contributed by atoms with Crippen LogP contribution < -0.4 is 15.9 Å². The number of nitrogens with one attached hydrogen (secondary N) is 1. The molecule has 15 heavy (non-hydrogen) atoms. The van der Waals surface area contributed by atoms with E-state index in [1.165, 1.54) is 0 Å². The van der Waals surface area contributed by atoms with Crippen molar-refractivity contribution >= 4 is 22.7 Å². The van der Waals surface area contributed by atoms with Gasteiger partial charge in [0.1, 0.15) is 24.3 Å². The van der Waals surface area contributed by atoms with Crippen LogP contribution >= 0.6 is 0 Å². The molecule has 0 fully saturated rings. The Kier molecular flexibility index (Phi) is 2.22. The van der Waals surface area contributed by atoms with Gasteiger partial charge in [-0.3, -0.25) is 0 Å². The molecule has 0 atom stereocenters. The second-order valence-electron chi connectivity index (χ2n) is 3.44. The highest BCUT2D eigenvalue weighted by atomic mass is 16.6. The number of aryl methyl sites for hydroxylation is 1. The summed E-state index contributed by atoms with van der Waals surface area (Å²) < 4.78 is 3.68. The molecule has 0 unspecified atom stereocenters. The smallest absolute Gasteiger partial charge is 0.142 e. The second kappa shape index (κ2) is 3.42. The molecule has 0 saturated carbocycles. The van der Waals surface area contributed by atoms with Gasteiger partial charge in [0.15, 0.2) is 0 Å². The highest BCUT2D eigenvalue weighted by molar-refractivity contribution is 5.86. The van der Waals surface area contributed by atoms with Crippen LogP contribution in [-0.4, -0.2) is 23.0 Å². The molecule has 2 aromatic heterocycles. The summed E-state index contributed by atoms with van der Waals surface area (Å²) in [5, 5.41) is 3.28. The molecule has 5 heteroatoms. The lowest BCUT2D eigenvalue weighted by Crippen LogP contribution is -2.08. The summed E-state index contributed by atoms with van der Waals surface area (Å²) in [4.78, 5) is 5.20. The number of aromatic nitrogens is 2. The van der Waals surface area contributed by atoms with Gasteiger partial charge >= 0.3 is 0 Å². The molecule has 0 spiro atoms. The number of anilines is 2. The van der Waals surface area contributed by atoms with Crippen LogP contribution in [0, 0.1) is 0 Å². The van der Waals surface area contributed by atoms with Crippen molar-refractivity contribution in [2.24, 2.45) is 7.05 Å². The van der Waals surface area contributed by atoms with Gasteiger partial charge in [0.2, 0.25) is 0 Å². The quantitative estimate of drug-likeness (QED) is 0.792. The van der Waals surface area contributed by atoms with Gasteiger partial charge in [0.25, 0.3) is 0 Å². The molecule has 0 aliphatic carbocycles. The molecule has 0 amide bonds. The van der Waals surface area contributed by atoms with Crippen LogP contribution in [0.25, 0.3) is 11.0 Å². The topological polar surface area (TPSA) is 57.1 Å².